The fraction of sp³-hybridized carbons (Fsp3) is 0.423. The molecule has 2 nitrogen and oxygen atoms in total. The second-order valence-electron chi connectivity index (χ2n) is 8.74. The van der Waals surface area contributed by atoms with Crippen LogP contribution in [0.4, 0.5) is 0 Å². The minimum Gasteiger partial charge on any atom is -0.217 e. The van der Waals surface area contributed by atoms with Gasteiger partial charge in [0.05, 0.1) is 0 Å². The Morgan fingerprint density at radius 2 is 1.71 bits per heavy atom. The topological polar surface area (TPSA) is 8.81 Å². The SMILES string of the molecule is [2H]C([2H])([2H])c1n(-c2ccccc2C)c(C)c2[n+]1C(C)(C1CCCCC1)c1ccccc1-2. The molecule has 144 valence electrons. The van der Waals surface area contributed by atoms with Crippen LogP contribution < -0.4 is 4.57 Å². The number of hydrogen-bond acceptors (Lipinski definition) is 0. The summed E-state index contributed by atoms with van der Waals surface area (Å²) in [5, 5.41) is 0. The molecule has 1 saturated carbocycles. The molecule has 0 amide bonds. The molecule has 0 radical (unpaired) electrons. The van der Waals surface area contributed by atoms with Gasteiger partial charge in [0, 0.05) is 34.9 Å². The Balaban J connectivity index is 1.90. The molecule has 1 fully saturated rings. The van der Waals surface area contributed by atoms with E-state index in [2.05, 4.69) is 55.7 Å². The van der Waals surface area contributed by atoms with E-state index >= 15 is 0 Å². The lowest BCUT2D eigenvalue weighted by atomic mass is 9.72. The van der Waals surface area contributed by atoms with Crippen molar-refractivity contribution in [1.82, 2.24) is 4.57 Å². The van der Waals surface area contributed by atoms with Crippen LogP contribution in [0.15, 0.2) is 48.5 Å². The first kappa shape index (κ1) is 14.6. The molecule has 1 unspecified atom stereocenters. The van der Waals surface area contributed by atoms with Crippen molar-refractivity contribution >= 4 is 0 Å². The van der Waals surface area contributed by atoms with Crippen LogP contribution in [-0.2, 0) is 5.54 Å². The largest absolute Gasteiger partial charge is 0.259 e. The third-order valence-electron chi connectivity index (χ3n) is 7.27. The van der Waals surface area contributed by atoms with E-state index in [4.69, 9.17) is 4.11 Å². The Morgan fingerprint density at radius 1 is 1.00 bits per heavy atom. The maximum atomic E-state index is 8.60. The number of para-hydroxylation sites is 1. The molecule has 3 aromatic rings. The number of nitrogens with zero attached hydrogens (tertiary/aromatic N) is 2. The summed E-state index contributed by atoms with van der Waals surface area (Å²) >= 11 is 0. The molecule has 0 N–H and O–H groups in total. The van der Waals surface area contributed by atoms with Crippen molar-refractivity contribution in [3.8, 4) is 16.9 Å². The van der Waals surface area contributed by atoms with Crippen LogP contribution in [0.5, 0.6) is 0 Å². The summed E-state index contributed by atoms with van der Waals surface area (Å²) in [5.41, 5.74) is 6.22. The van der Waals surface area contributed by atoms with E-state index in [-0.39, 0.29) is 5.54 Å². The fourth-order valence-electron chi connectivity index (χ4n) is 5.83. The number of imidazole rings is 1. The lowest BCUT2D eigenvalue weighted by molar-refractivity contribution is -0.749. The normalized spacial score (nSPS) is 23.6. The van der Waals surface area contributed by atoms with Gasteiger partial charge in [0.1, 0.15) is 11.2 Å². The smallest absolute Gasteiger partial charge is 0.217 e. The minimum atomic E-state index is -2.23. The number of rotatable bonds is 2. The van der Waals surface area contributed by atoms with Gasteiger partial charge in [-0.15, -0.1) is 0 Å². The van der Waals surface area contributed by atoms with E-state index < -0.39 is 6.85 Å². The third-order valence-corrected chi connectivity index (χ3v) is 7.27. The maximum Gasteiger partial charge on any atom is 0.259 e. The van der Waals surface area contributed by atoms with Crippen LogP contribution in [0.3, 0.4) is 0 Å². The fourth-order valence-corrected chi connectivity index (χ4v) is 5.83. The van der Waals surface area contributed by atoms with E-state index in [0.717, 1.165) is 35.5 Å². The predicted molar refractivity (Wildman–Crippen MR) is 115 cm³/mol. The first-order chi connectivity index (χ1) is 14.8. The summed E-state index contributed by atoms with van der Waals surface area (Å²) in [6.45, 7) is 4.19. The molecule has 0 saturated heterocycles. The summed E-state index contributed by atoms with van der Waals surface area (Å²) in [6.07, 6.45) is 6.01. The number of fused-ring (bicyclic) bond motifs is 3. The van der Waals surface area contributed by atoms with Gasteiger partial charge in [-0.05, 0) is 38.3 Å². The van der Waals surface area contributed by atoms with Crippen LogP contribution in [0.25, 0.3) is 16.9 Å². The van der Waals surface area contributed by atoms with Gasteiger partial charge in [0.15, 0.2) is 11.4 Å². The quantitative estimate of drug-likeness (QED) is 0.485. The second kappa shape index (κ2) is 6.34. The van der Waals surface area contributed by atoms with E-state index in [9.17, 15) is 0 Å². The zero-order chi connectivity index (χ0) is 22.0. The predicted octanol–water partition coefficient (Wildman–Crippen LogP) is 6.01. The number of aryl methyl sites for hydroxylation is 1. The van der Waals surface area contributed by atoms with Gasteiger partial charge in [-0.3, -0.25) is 0 Å². The van der Waals surface area contributed by atoms with Gasteiger partial charge in [0.25, 0.3) is 5.82 Å². The van der Waals surface area contributed by atoms with Crippen LogP contribution in [-0.4, -0.2) is 4.57 Å². The number of aromatic nitrogens is 2. The molecule has 1 aromatic heterocycles. The van der Waals surface area contributed by atoms with E-state index in [1.54, 1.807) is 0 Å². The van der Waals surface area contributed by atoms with E-state index in [1.807, 2.05) is 22.8 Å². The van der Waals surface area contributed by atoms with Crippen molar-refractivity contribution < 1.29 is 8.68 Å². The van der Waals surface area contributed by atoms with Crippen molar-refractivity contribution in [2.75, 3.05) is 0 Å². The van der Waals surface area contributed by atoms with Gasteiger partial charge < -0.3 is 0 Å². The number of benzene rings is 2. The summed E-state index contributed by atoms with van der Waals surface area (Å²) in [5.74, 6) is 0.862. The highest BCUT2D eigenvalue weighted by Crippen LogP contribution is 2.48. The van der Waals surface area contributed by atoms with Crippen molar-refractivity contribution in [1.29, 1.82) is 0 Å². The van der Waals surface area contributed by atoms with Crippen molar-refractivity contribution in [2.45, 2.75) is 65.3 Å². The zero-order valence-electron chi connectivity index (χ0n) is 20.1. The lowest BCUT2D eigenvalue weighted by Gasteiger charge is -2.36. The molecule has 2 heterocycles. The zero-order valence-corrected chi connectivity index (χ0v) is 17.1. The highest BCUT2D eigenvalue weighted by Gasteiger charge is 2.53. The Labute approximate surface area is 173 Å². The summed E-state index contributed by atoms with van der Waals surface area (Å²) in [6, 6.07) is 16.7. The average molecular weight is 375 g/mol. The van der Waals surface area contributed by atoms with Crippen LogP contribution >= 0.6 is 0 Å². The molecule has 2 aromatic carbocycles. The van der Waals surface area contributed by atoms with Crippen molar-refractivity contribution in [3.63, 3.8) is 0 Å². The summed E-state index contributed by atoms with van der Waals surface area (Å²) in [7, 11) is 0. The molecule has 0 spiro atoms. The molecular weight excluding hydrogens is 340 g/mol. The standard InChI is InChI=1S/C26H31N2/c1-18-12-8-11-17-24(18)27-19(2)25-22-15-9-10-16-23(22)26(4,28(25)20(27)3)21-13-6-5-7-14-21/h8-12,15-17,21H,5-7,13-14H2,1-4H3/q+1/i3D3. The summed E-state index contributed by atoms with van der Waals surface area (Å²) in [4.78, 5) is 0. The molecule has 1 atom stereocenters. The van der Waals surface area contributed by atoms with Gasteiger partial charge >= 0.3 is 0 Å². The summed E-state index contributed by atoms with van der Waals surface area (Å²) < 4.78 is 30.0. The molecule has 1 aliphatic heterocycles. The monoisotopic (exact) mass is 374 g/mol. The molecule has 5 rings (SSSR count). The number of hydrogen-bond donors (Lipinski definition) is 0. The highest BCUT2D eigenvalue weighted by atomic mass is 15.2. The second-order valence-corrected chi connectivity index (χ2v) is 8.74. The van der Waals surface area contributed by atoms with Crippen LogP contribution in [0.2, 0.25) is 0 Å². The lowest BCUT2D eigenvalue weighted by Crippen LogP contribution is -2.58. The van der Waals surface area contributed by atoms with Gasteiger partial charge in [-0.2, -0.15) is 4.57 Å². The van der Waals surface area contributed by atoms with Gasteiger partial charge in [-0.25, -0.2) is 4.57 Å². The van der Waals surface area contributed by atoms with E-state index in [0.29, 0.717) is 11.7 Å². The molecule has 2 heteroatoms. The highest BCUT2D eigenvalue weighted by molar-refractivity contribution is 5.69. The molecule has 28 heavy (non-hydrogen) atoms. The van der Waals surface area contributed by atoms with Gasteiger partial charge in [-0.1, -0.05) is 61.7 Å². The molecule has 2 aliphatic rings. The maximum absolute atomic E-state index is 8.60. The third kappa shape index (κ3) is 2.24. The first-order valence-electron chi connectivity index (χ1n) is 12.1. The van der Waals surface area contributed by atoms with Crippen molar-refractivity contribution in [3.05, 3.63) is 71.2 Å². The molecular formula is C26H31N2+. The Morgan fingerprint density at radius 3 is 2.46 bits per heavy atom. The van der Waals surface area contributed by atoms with E-state index in [1.165, 1.54) is 30.4 Å². The van der Waals surface area contributed by atoms with Crippen molar-refractivity contribution in [2.24, 2.45) is 5.92 Å². The minimum absolute atomic E-state index is 0.352. The molecule has 1 aliphatic carbocycles. The Bertz CT molecular complexity index is 1150. The Kier molecular flexibility index (Phi) is 3.31. The first-order valence-corrected chi connectivity index (χ1v) is 10.6. The Hall–Kier alpha value is -2.35. The molecule has 0 bridgehead atoms. The van der Waals surface area contributed by atoms with Gasteiger partial charge in [0.2, 0.25) is 0 Å². The van der Waals surface area contributed by atoms with Crippen LogP contribution in [0, 0.1) is 26.6 Å². The average Bonchev–Trinajstić information content (AvgIpc) is 3.21. The van der Waals surface area contributed by atoms with Crippen LogP contribution in [0.1, 0.15) is 65.8 Å².